The van der Waals surface area contributed by atoms with Crippen LogP contribution in [0, 0.1) is 20.8 Å². The van der Waals surface area contributed by atoms with Crippen molar-refractivity contribution in [3.8, 4) is 0 Å². The van der Waals surface area contributed by atoms with Crippen molar-refractivity contribution < 1.29 is 4.79 Å². The van der Waals surface area contributed by atoms with Crippen LogP contribution in [0.25, 0.3) is 10.2 Å². The Hall–Kier alpha value is -1.92. The van der Waals surface area contributed by atoms with Crippen LogP contribution >= 0.6 is 23.1 Å². The zero-order chi connectivity index (χ0) is 17.1. The molecular weight excluding hydrogens is 338 g/mol. The number of aryl methyl sites for hydroxylation is 3. The summed E-state index contributed by atoms with van der Waals surface area (Å²) in [6.07, 6.45) is 2.05. The molecule has 4 nitrogen and oxygen atoms in total. The van der Waals surface area contributed by atoms with E-state index in [0.717, 1.165) is 32.1 Å². The van der Waals surface area contributed by atoms with Crippen LogP contribution in [0.15, 0.2) is 35.6 Å². The Bertz CT molecular complexity index is 869. The lowest BCUT2D eigenvalue weighted by Gasteiger charge is -2.11. The molecule has 0 aliphatic carbocycles. The van der Waals surface area contributed by atoms with Crippen LogP contribution in [0.1, 0.15) is 22.4 Å². The zero-order valence-corrected chi connectivity index (χ0v) is 15.6. The lowest BCUT2D eigenvalue weighted by Crippen LogP contribution is -2.14. The van der Waals surface area contributed by atoms with Gasteiger partial charge in [-0.05, 0) is 38.0 Å². The van der Waals surface area contributed by atoms with E-state index in [2.05, 4.69) is 28.3 Å². The molecule has 0 fully saturated rings. The fraction of sp³-hybridized carbons (Fsp3) is 0.278. The molecule has 0 aliphatic rings. The lowest BCUT2D eigenvalue weighted by molar-refractivity contribution is -0.115. The molecule has 0 spiro atoms. The molecule has 24 heavy (non-hydrogen) atoms. The highest BCUT2D eigenvalue weighted by Crippen LogP contribution is 2.30. The molecule has 124 valence electrons. The second-order valence-electron chi connectivity index (χ2n) is 5.67. The Morgan fingerprint density at radius 3 is 2.71 bits per heavy atom. The minimum atomic E-state index is 0.0340. The Balaban J connectivity index is 1.60. The number of carbonyl (C=O) groups is 1. The van der Waals surface area contributed by atoms with Gasteiger partial charge in [0, 0.05) is 28.1 Å². The quantitative estimate of drug-likeness (QED) is 0.529. The van der Waals surface area contributed by atoms with Crippen molar-refractivity contribution in [2.75, 3.05) is 11.1 Å². The van der Waals surface area contributed by atoms with E-state index in [9.17, 15) is 4.79 Å². The molecule has 0 saturated heterocycles. The van der Waals surface area contributed by atoms with Gasteiger partial charge in [0.25, 0.3) is 0 Å². The fourth-order valence-corrected chi connectivity index (χ4v) is 4.35. The van der Waals surface area contributed by atoms with Crippen LogP contribution in [0.5, 0.6) is 0 Å². The van der Waals surface area contributed by atoms with Gasteiger partial charge in [0.1, 0.15) is 16.2 Å². The zero-order valence-electron chi connectivity index (χ0n) is 13.9. The second kappa shape index (κ2) is 7.32. The lowest BCUT2D eigenvalue weighted by atomic mass is 10.1. The van der Waals surface area contributed by atoms with E-state index in [1.54, 1.807) is 29.4 Å². The molecule has 6 heteroatoms. The number of thiophene rings is 1. The van der Waals surface area contributed by atoms with E-state index in [1.807, 2.05) is 32.0 Å². The summed E-state index contributed by atoms with van der Waals surface area (Å²) in [5.41, 5.74) is 3.09. The van der Waals surface area contributed by atoms with E-state index < -0.39 is 0 Å². The third-order valence-electron chi connectivity index (χ3n) is 3.73. The summed E-state index contributed by atoms with van der Waals surface area (Å²) >= 11 is 3.27. The number of benzene rings is 1. The fourth-order valence-electron chi connectivity index (χ4n) is 2.52. The first-order valence-electron chi connectivity index (χ1n) is 7.74. The highest BCUT2D eigenvalue weighted by molar-refractivity contribution is 7.99. The molecular formula is C18H19N3OS2. The van der Waals surface area contributed by atoms with Crippen molar-refractivity contribution in [2.24, 2.45) is 0 Å². The number of anilines is 1. The van der Waals surface area contributed by atoms with Crippen molar-refractivity contribution in [3.63, 3.8) is 0 Å². The standard InChI is InChI=1S/C18H19N3OS2/c1-11-5-4-6-12(2)16(11)21-15(22)7-8-23-17-14-9-13(3)24-18(14)20-10-19-17/h4-6,9-10H,7-8H2,1-3H3,(H,21,22). The van der Waals surface area contributed by atoms with Crippen molar-refractivity contribution in [3.05, 3.63) is 46.6 Å². The summed E-state index contributed by atoms with van der Waals surface area (Å²) in [4.78, 5) is 23.1. The monoisotopic (exact) mass is 357 g/mol. The van der Waals surface area contributed by atoms with Gasteiger partial charge in [0.05, 0.1) is 0 Å². The predicted molar refractivity (Wildman–Crippen MR) is 102 cm³/mol. The summed E-state index contributed by atoms with van der Waals surface area (Å²) in [5, 5.41) is 5.05. The summed E-state index contributed by atoms with van der Waals surface area (Å²) < 4.78 is 0. The van der Waals surface area contributed by atoms with E-state index in [4.69, 9.17) is 0 Å². The van der Waals surface area contributed by atoms with E-state index in [0.29, 0.717) is 12.2 Å². The topological polar surface area (TPSA) is 54.9 Å². The normalized spacial score (nSPS) is 11.0. The van der Waals surface area contributed by atoms with E-state index in [1.165, 1.54) is 4.88 Å². The summed E-state index contributed by atoms with van der Waals surface area (Å²) in [6.45, 7) is 6.08. The molecule has 0 aliphatic heterocycles. The van der Waals surface area contributed by atoms with Crippen LogP contribution < -0.4 is 5.32 Å². The first-order chi connectivity index (χ1) is 11.5. The number of aromatic nitrogens is 2. The van der Waals surface area contributed by atoms with Gasteiger partial charge >= 0.3 is 0 Å². The molecule has 0 bridgehead atoms. The molecule has 0 atom stereocenters. The summed E-state index contributed by atoms with van der Waals surface area (Å²) in [7, 11) is 0. The Kier molecular flexibility index (Phi) is 5.16. The molecule has 0 radical (unpaired) electrons. The smallest absolute Gasteiger partial charge is 0.225 e. The van der Waals surface area contributed by atoms with E-state index >= 15 is 0 Å². The highest BCUT2D eigenvalue weighted by Gasteiger charge is 2.10. The molecule has 1 N–H and O–H groups in total. The Morgan fingerprint density at radius 2 is 1.96 bits per heavy atom. The average Bonchev–Trinajstić information content (AvgIpc) is 2.92. The number of carbonyl (C=O) groups excluding carboxylic acids is 1. The maximum atomic E-state index is 12.2. The van der Waals surface area contributed by atoms with Crippen LogP contribution in [-0.2, 0) is 4.79 Å². The molecule has 1 amide bonds. The average molecular weight is 358 g/mol. The first-order valence-corrected chi connectivity index (χ1v) is 9.55. The number of para-hydroxylation sites is 1. The van der Waals surface area contributed by atoms with E-state index in [-0.39, 0.29) is 5.91 Å². The van der Waals surface area contributed by atoms with Gasteiger partial charge in [-0.1, -0.05) is 18.2 Å². The van der Waals surface area contributed by atoms with Crippen LogP contribution in [0.4, 0.5) is 5.69 Å². The molecule has 0 saturated carbocycles. The summed E-state index contributed by atoms with van der Waals surface area (Å²) in [5.74, 6) is 0.726. The molecule has 2 heterocycles. The van der Waals surface area contributed by atoms with Gasteiger partial charge in [-0.15, -0.1) is 23.1 Å². The second-order valence-corrected chi connectivity index (χ2v) is 7.99. The third-order valence-corrected chi connectivity index (χ3v) is 5.70. The third kappa shape index (κ3) is 3.76. The van der Waals surface area contributed by atoms with Crippen LogP contribution in [0.2, 0.25) is 0 Å². The summed E-state index contributed by atoms with van der Waals surface area (Å²) in [6, 6.07) is 8.13. The number of hydrogen-bond acceptors (Lipinski definition) is 5. The first kappa shape index (κ1) is 16.9. The van der Waals surface area contributed by atoms with Crippen molar-refractivity contribution in [1.82, 2.24) is 9.97 Å². The van der Waals surface area contributed by atoms with Crippen molar-refractivity contribution >= 4 is 44.9 Å². The van der Waals surface area contributed by atoms with Gasteiger partial charge < -0.3 is 5.32 Å². The molecule has 1 aromatic carbocycles. The highest BCUT2D eigenvalue weighted by atomic mass is 32.2. The van der Waals surface area contributed by atoms with Crippen molar-refractivity contribution in [2.45, 2.75) is 32.2 Å². The van der Waals surface area contributed by atoms with Gasteiger partial charge in [0.2, 0.25) is 5.91 Å². The van der Waals surface area contributed by atoms with Crippen molar-refractivity contribution in [1.29, 1.82) is 0 Å². The minimum Gasteiger partial charge on any atom is -0.326 e. The molecule has 3 rings (SSSR count). The van der Waals surface area contributed by atoms with Gasteiger partial charge in [-0.3, -0.25) is 4.79 Å². The largest absolute Gasteiger partial charge is 0.326 e. The number of rotatable bonds is 5. The molecule has 2 aromatic heterocycles. The van der Waals surface area contributed by atoms with Gasteiger partial charge in [-0.2, -0.15) is 0 Å². The van der Waals surface area contributed by atoms with Gasteiger partial charge in [-0.25, -0.2) is 9.97 Å². The SMILES string of the molecule is Cc1cc2c(SCCC(=O)Nc3c(C)cccc3C)ncnc2s1. The Morgan fingerprint density at radius 1 is 1.21 bits per heavy atom. The maximum Gasteiger partial charge on any atom is 0.225 e. The predicted octanol–water partition coefficient (Wildman–Crippen LogP) is 4.74. The van der Waals surface area contributed by atoms with Gasteiger partial charge in [0.15, 0.2) is 0 Å². The number of nitrogens with one attached hydrogen (secondary N) is 1. The number of amides is 1. The number of hydrogen-bond donors (Lipinski definition) is 1. The molecule has 3 aromatic rings. The number of fused-ring (bicyclic) bond motifs is 1. The van der Waals surface area contributed by atoms with Crippen LogP contribution in [-0.4, -0.2) is 21.6 Å². The molecule has 0 unspecified atom stereocenters. The number of thioether (sulfide) groups is 1. The number of nitrogens with zero attached hydrogens (tertiary/aromatic N) is 2. The van der Waals surface area contributed by atoms with Crippen LogP contribution in [0.3, 0.4) is 0 Å². The maximum absolute atomic E-state index is 12.2. The Labute approximate surface area is 149 Å². The minimum absolute atomic E-state index is 0.0340.